The van der Waals surface area contributed by atoms with Crippen LogP contribution in [-0.4, -0.2) is 18.1 Å². The van der Waals surface area contributed by atoms with E-state index >= 15 is 0 Å². The van der Waals surface area contributed by atoms with Gasteiger partial charge in [0.15, 0.2) is 5.11 Å². The molecule has 0 aliphatic heterocycles. The van der Waals surface area contributed by atoms with Crippen LogP contribution in [0.15, 0.2) is 28.7 Å². The van der Waals surface area contributed by atoms with E-state index in [1.54, 1.807) is 6.07 Å². The number of amides is 1. The zero-order valence-corrected chi connectivity index (χ0v) is 17.7. The molecule has 0 saturated carbocycles. The molecule has 0 unspecified atom stereocenters. The number of thiocarbonyl (C=S) groups is 1. The fourth-order valence-electron chi connectivity index (χ4n) is 2.15. The Morgan fingerprint density at radius 3 is 2.32 bits per heavy atom. The highest BCUT2D eigenvalue weighted by atomic mass is 79.9. The minimum absolute atomic E-state index is 0.0378. The molecular formula is C16H12BrCl3N2O2S. The maximum atomic E-state index is 12.5. The van der Waals surface area contributed by atoms with E-state index in [1.807, 2.05) is 13.0 Å². The van der Waals surface area contributed by atoms with Crippen molar-refractivity contribution in [3.05, 3.63) is 54.9 Å². The number of benzene rings is 2. The number of ether oxygens (including phenoxy) is 1. The summed E-state index contributed by atoms with van der Waals surface area (Å²) in [4.78, 5) is 12.5. The molecule has 2 rings (SSSR count). The summed E-state index contributed by atoms with van der Waals surface area (Å²) >= 11 is 26.6. The van der Waals surface area contributed by atoms with Gasteiger partial charge >= 0.3 is 0 Å². The first-order valence-corrected chi connectivity index (χ1v) is 9.17. The largest absolute Gasteiger partial charge is 0.496 e. The molecule has 0 fully saturated rings. The molecule has 0 spiro atoms. The van der Waals surface area contributed by atoms with Crippen LogP contribution in [0, 0.1) is 6.92 Å². The van der Waals surface area contributed by atoms with Crippen molar-refractivity contribution in [3.63, 3.8) is 0 Å². The number of carbonyl (C=O) groups excluding carboxylic acids is 1. The van der Waals surface area contributed by atoms with E-state index in [1.165, 1.54) is 19.2 Å². The van der Waals surface area contributed by atoms with Gasteiger partial charge < -0.3 is 10.1 Å². The molecule has 9 heteroatoms. The summed E-state index contributed by atoms with van der Waals surface area (Å²) in [5.41, 5.74) is 1.51. The Hall–Kier alpha value is -1.05. The summed E-state index contributed by atoms with van der Waals surface area (Å²) in [6.45, 7) is 1.84. The number of anilines is 1. The number of aryl methyl sites for hydroxylation is 1. The van der Waals surface area contributed by atoms with Crippen molar-refractivity contribution >= 4 is 79.7 Å². The van der Waals surface area contributed by atoms with Gasteiger partial charge in [0.05, 0.1) is 28.4 Å². The first-order valence-electron chi connectivity index (χ1n) is 6.84. The van der Waals surface area contributed by atoms with Gasteiger partial charge in [0, 0.05) is 9.50 Å². The smallest absolute Gasteiger partial charge is 0.261 e. The highest BCUT2D eigenvalue weighted by Crippen LogP contribution is 2.33. The number of rotatable bonds is 3. The van der Waals surface area contributed by atoms with Crippen LogP contribution in [0.4, 0.5) is 5.69 Å². The van der Waals surface area contributed by atoms with Gasteiger partial charge in [-0.25, -0.2) is 0 Å². The predicted octanol–water partition coefficient (Wildman–Crippen LogP) is 5.85. The van der Waals surface area contributed by atoms with Gasteiger partial charge in [-0.3, -0.25) is 10.1 Å². The highest BCUT2D eigenvalue weighted by molar-refractivity contribution is 9.10. The molecule has 0 radical (unpaired) electrons. The molecule has 132 valence electrons. The van der Waals surface area contributed by atoms with Crippen molar-refractivity contribution in [1.29, 1.82) is 0 Å². The molecule has 2 aromatic rings. The highest BCUT2D eigenvalue weighted by Gasteiger charge is 2.17. The standard InChI is InChI=1S/C16H12BrCl3N2O2S/c1-7-3-8(17)4-10(14(7)24-2)15(23)22-16(25)21-13-11(19)5-9(18)6-12(13)20/h3-6H,1-2H3,(H2,21,22,23,25). The molecule has 0 aromatic heterocycles. The molecule has 0 aliphatic carbocycles. The van der Waals surface area contributed by atoms with E-state index in [2.05, 4.69) is 26.6 Å². The molecule has 0 saturated heterocycles. The summed E-state index contributed by atoms with van der Waals surface area (Å²) in [5, 5.41) is 6.37. The molecule has 25 heavy (non-hydrogen) atoms. The summed E-state index contributed by atoms with van der Waals surface area (Å²) in [6.07, 6.45) is 0. The van der Waals surface area contributed by atoms with E-state index in [0.717, 1.165) is 10.0 Å². The zero-order valence-electron chi connectivity index (χ0n) is 13.0. The van der Waals surface area contributed by atoms with E-state index < -0.39 is 5.91 Å². The molecule has 0 bridgehead atoms. The monoisotopic (exact) mass is 480 g/mol. The molecule has 0 atom stereocenters. The summed E-state index contributed by atoms with van der Waals surface area (Å²) in [6, 6.07) is 6.52. The Kier molecular flexibility index (Phi) is 6.93. The Morgan fingerprint density at radius 1 is 1.16 bits per heavy atom. The van der Waals surface area contributed by atoms with Crippen molar-refractivity contribution < 1.29 is 9.53 Å². The lowest BCUT2D eigenvalue weighted by Crippen LogP contribution is -2.34. The number of halogens is 4. The van der Waals surface area contributed by atoms with Crippen LogP contribution >= 0.6 is 63.0 Å². The summed E-state index contributed by atoms with van der Waals surface area (Å²) < 4.78 is 6.05. The molecular weight excluding hydrogens is 471 g/mol. The van der Waals surface area contributed by atoms with Crippen molar-refractivity contribution in [2.24, 2.45) is 0 Å². The van der Waals surface area contributed by atoms with Crippen LogP contribution in [0.5, 0.6) is 5.75 Å². The normalized spacial score (nSPS) is 10.3. The number of carbonyl (C=O) groups is 1. The molecule has 0 heterocycles. The molecule has 2 aromatic carbocycles. The second-order valence-electron chi connectivity index (χ2n) is 4.96. The van der Waals surface area contributed by atoms with Gasteiger partial charge in [0.2, 0.25) is 0 Å². The SMILES string of the molecule is COc1c(C)cc(Br)cc1C(=O)NC(=S)Nc1c(Cl)cc(Cl)cc1Cl. The van der Waals surface area contributed by atoms with Crippen molar-refractivity contribution in [3.8, 4) is 5.75 Å². The fourth-order valence-corrected chi connectivity index (χ4v) is 3.82. The third-order valence-electron chi connectivity index (χ3n) is 3.16. The number of methoxy groups -OCH3 is 1. The van der Waals surface area contributed by atoms with Gasteiger partial charge in [-0.15, -0.1) is 0 Å². The summed E-state index contributed by atoms with van der Waals surface area (Å²) in [5.74, 6) is 0.0333. The van der Waals surface area contributed by atoms with Crippen molar-refractivity contribution in [2.45, 2.75) is 6.92 Å². The quantitative estimate of drug-likeness (QED) is 0.539. The van der Waals surface area contributed by atoms with E-state index in [-0.39, 0.29) is 15.2 Å². The van der Waals surface area contributed by atoms with Crippen LogP contribution in [0.1, 0.15) is 15.9 Å². The minimum Gasteiger partial charge on any atom is -0.496 e. The second-order valence-corrected chi connectivity index (χ2v) is 7.53. The van der Waals surface area contributed by atoms with Crippen LogP contribution in [-0.2, 0) is 0 Å². The van der Waals surface area contributed by atoms with Gasteiger partial charge in [-0.1, -0.05) is 50.7 Å². The number of nitrogens with one attached hydrogen (secondary N) is 2. The lowest BCUT2D eigenvalue weighted by Gasteiger charge is -2.15. The topological polar surface area (TPSA) is 50.4 Å². The third-order valence-corrected chi connectivity index (χ3v) is 4.64. The fraction of sp³-hybridized carbons (Fsp3) is 0.125. The molecule has 4 nitrogen and oxygen atoms in total. The molecule has 2 N–H and O–H groups in total. The average molecular weight is 483 g/mol. The van der Waals surface area contributed by atoms with Gasteiger partial charge in [-0.05, 0) is 49.0 Å². The lowest BCUT2D eigenvalue weighted by atomic mass is 10.1. The molecule has 0 aliphatic rings. The van der Waals surface area contributed by atoms with Crippen molar-refractivity contribution in [2.75, 3.05) is 12.4 Å². The maximum Gasteiger partial charge on any atom is 0.261 e. The lowest BCUT2D eigenvalue weighted by molar-refractivity contribution is 0.0974. The van der Waals surface area contributed by atoms with Gasteiger partial charge in [0.1, 0.15) is 5.75 Å². The average Bonchev–Trinajstić information content (AvgIpc) is 2.50. The van der Waals surface area contributed by atoms with E-state index in [9.17, 15) is 4.79 Å². The zero-order chi connectivity index (χ0) is 18.7. The van der Waals surface area contributed by atoms with Gasteiger partial charge in [-0.2, -0.15) is 0 Å². The van der Waals surface area contributed by atoms with Crippen LogP contribution in [0.3, 0.4) is 0 Å². The Balaban J connectivity index is 2.21. The third kappa shape index (κ3) is 4.99. The Morgan fingerprint density at radius 2 is 1.76 bits per heavy atom. The first-order chi connectivity index (χ1) is 11.7. The second kappa shape index (κ2) is 8.56. The molecule has 1 amide bonds. The van der Waals surface area contributed by atoms with Crippen LogP contribution in [0.25, 0.3) is 0 Å². The Labute approximate surface area is 173 Å². The summed E-state index contributed by atoms with van der Waals surface area (Å²) in [7, 11) is 1.50. The minimum atomic E-state index is -0.431. The van der Waals surface area contributed by atoms with Crippen LogP contribution in [0.2, 0.25) is 15.1 Å². The number of hydrogen-bond donors (Lipinski definition) is 2. The number of hydrogen-bond acceptors (Lipinski definition) is 3. The maximum absolute atomic E-state index is 12.5. The van der Waals surface area contributed by atoms with E-state index in [0.29, 0.717) is 22.0 Å². The predicted molar refractivity (Wildman–Crippen MR) is 111 cm³/mol. The van der Waals surface area contributed by atoms with Crippen LogP contribution < -0.4 is 15.4 Å². The Bertz CT molecular complexity index is 839. The van der Waals surface area contributed by atoms with E-state index in [4.69, 9.17) is 51.8 Å². The van der Waals surface area contributed by atoms with Crippen molar-refractivity contribution in [1.82, 2.24) is 5.32 Å². The van der Waals surface area contributed by atoms with Gasteiger partial charge in [0.25, 0.3) is 5.91 Å². The first kappa shape index (κ1) is 20.3.